The molecular weight excluding hydrogens is 554 g/mol. The fourth-order valence-corrected chi connectivity index (χ4v) is 4.54. The van der Waals surface area contributed by atoms with E-state index in [1.165, 1.54) is 0 Å². The Labute approximate surface area is 258 Å². The highest BCUT2D eigenvalue weighted by Gasteiger charge is 2.46. The third-order valence-electron chi connectivity index (χ3n) is 6.55. The van der Waals surface area contributed by atoms with Crippen LogP contribution in [0.5, 0.6) is 0 Å². The second kappa shape index (κ2) is 14.9. The van der Waals surface area contributed by atoms with E-state index in [0.717, 1.165) is 11.1 Å². The molecule has 0 aliphatic heterocycles. The van der Waals surface area contributed by atoms with Gasteiger partial charge in [-0.1, -0.05) is 121 Å². The van der Waals surface area contributed by atoms with Gasteiger partial charge in [0.05, 0.1) is 18.6 Å². The summed E-state index contributed by atoms with van der Waals surface area (Å²) in [7, 11) is 0. The predicted molar refractivity (Wildman–Crippen MR) is 169 cm³/mol. The summed E-state index contributed by atoms with van der Waals surface area (Å²) in [5, 5.41) is 0. The Balaban J connectivity index is 1.81. The van der Waals surface area contributed by atoms with Gasteiger partial charge in [-0.05, 0) is 31.9 Å². The fraction of sp³-hybridized carbons (Fsp3) is 0.243. The first-order valence-electron chi connectivity index (χ1n) is 14.5. The van der Waals surface area contributed by atoms with E-state index < -0.39 is 41.9 Å². The molecule has 0 aliphatic carbocycles. The molecule has 1 atom stereocenters. The van der Waals surface area contributed by atoms with Crippen LogP contribution in [0.3, 0.4) is 0 Å². The van der Waals surface area contributed by atoms with Crippen molar-refractivity contribution in [3.8, 4) is 0 Å². The van der Waals surface area contributed by atoms with Crippen molar-refractivity contribution in [2.75, 3.05) is 0 Å². The van der Waals surface area contributed by atoms with Crippen LogP contribution in [0.4, 0.5) is 0 Å². The van der Waals surface area contributed by atoms with Crippen LogP contribution >= 0.6 is 0 Å². The van der Waals surface area contributed by atoms with E-state index in [4.69, 9.17) is 19.2 Å². The summed E-state index contributed by atoms with van der Waals surface area (Å²) in [4.78, 5) is 46.1. The van der Waals surface area contributed by atoms with Crippen molar-refractivity contribution >= 4 is 23.6 Å². The largest absolute Gasteiger partial charge is 0.461 e. The molecule has 0 amide bonds. The van der Waals surface area contributed by atoms with E-state index in [9.17, 15) is 14.4 Å². The lowest BCUT2D eigenvalue weighted by Crippen LogP contribution is -2.45. The highest BCUT2D eigenvalue weighted by atomic mass is 16.6. The number of ether oxygens (including phenoxy) is 3. The molecule has 7 nitrogen and oxygen atoms in total. The molecule has 4 rings (SSSR count). The zero-order chi connectivity index (χ0) is 31.4. The second-order valence-electron chi connectivity index (χ2n) is 11.4. The lowest BCUT2D eigenvalue weighted by molar-refractivity contribution is -0.166. The van der Waals surface area contributed by atoms with Gasteiger partial charge in [-0.25, -0.2) is 4.79 Å². The number of nitrogens with zero attached hydrogens (tertiary/aromatic N) is 1. The maximum atomic E-state index is 14.2. The lowest BCUT2D eigenvalue weighted by Gasteiger charge is -2.29. The standard InChI is InChI=1S/C37H37NO6/c1-36(2,3)44-33(40)25-37(35(41)43-27-29-18-10-5-11-19-29,24-32(39)42-26-28-16-8-4-9-17-28)38-34(30-20-12-6-13-21-30)31-22-14-7-15-23-31/h4-23H,24-27H2,1-3H3. The molecule has 0 heterocycles. The summed E-state index contributed by atoms with van der Waals surface area (Å²) in [5.41, 5.74) is 0.503. The number of esters is 3. The highest BCUT2D eigenvalue weighted by Crippen LogP contribution is 2.30. The first-order chi connectivity index (χ1) is 21.1. The van der Waals surface area contributed by atoms with Crippen molar-refractivity contribution in [2.24, 2.45) is 4.99 Å². The van der Waals surface area contributed by atoms with Crippen molar-refractivity contribution in [3.63, 3.8) is 0 Å². The summed E-state index contributed by atoms with van der Waals surface area (Å²) in [5.74, 6) is -2.25. The van der Waals surface area contributed by atoms with E-state index in [-0.39, 0.29) is 13.2 Å². The number of hydrogen-bond donors (Lipinski definition) is 0. The first kappa shape index (κ1) is 31.9. The SMILES string of the molecule is CC(C)(C)OC(=O)CC(CC(=O)OCc1ccccc1)(N=C(c1ccccc1)c1ccccc1)C(=O)OCc1ccccc1. The Bertz CT molecular complexity index is 1510. The average Bonchev–Trinajstić information content (AvgIpc) is 3.02. The van der Waals surface area contributed by atoms with Gasteiger partial charge < -0.3 is 14.2 Å². The lowest BCUT2D eigenvalue weighted by atomic mass is 9.89. The quantitative estimate of drug-likeness (QED) is 0.101. The fourth-order valence-electron chi connectivity index (χ4n) is 4.54. The highest BCUT2D eigenvalue weighted by molar-refractivity contribution is 6.14. The van der Waals surface area contributed by atoms with E-state index in [2.05, 4.69) is 0 Å². The first-order valence-corrected chi connectivity index (χ1v) is 14.5. The molecule has 0 saturated carbocycles. The number of benzene rings is 4. The molecule has 0 N–H and O–H groups in total. The Morgan fingerprint density at radius 2 is 0.977 bits per heavy atom. The van der Waals surface area contributed by atoms with Gasteiger partial charge in [0.2, 0.25) is 0 Å². The van der Waals surface area contributed by atoms with Crippen LogP contribution in [0.2, 0.25) is 0 Å². The maximum Gasteiger partial charge on any atom is 0.335 e. The summed E-state index contributed by atoms with van der Waals surface area (Å²) in [6.07, 6.45) is -1.09. The molecular formula is C37H37NO6. The van der Waals surface area contributed by atoms with Gasteiger partial charge in [0.15, 0.2) is 5.54 Å². The number of carbonyl (C=O) groups excluding carboxylic acids is 3. The molecule has 4 aromatic carbocycles. The van der Waals surface area contributed by atoms with Crippen molar-refractivity contribution in [2.45, 2.75) is 58.0 Å². The predicted octanol–water partition coefficient (Wildman–Crippen LogP) is 6.87. The minimum atomic E-state index is -1.99. The number of aliphatic imine (C=N–C) groups is 1. The molecule has 0 saturated heterocycles. The van der Waals surface area contributed by atoms with Crippen LogP contribution in [0.15, 0.2) is 126 Å². The Morgan fingerprint density at radius 1 is 0.568 bits per heavy atom. The van der Waals surface area contributed by atoms with Gasteiger partial charge in [-0.2, -0.15) is 0 Å². The van der Waals surface area contributed by atoms with Crippen molar-refractivity contribution in [1.82, 2.24) is 0 Å². The molecule has 0 radical (unpaired) electrons. The van der Waals surface area contributed by atoms with Gasteiger partial charge in [0.25, 0.3) is 0 Å². The number of hydrogen-bond acceptors (Lipinski definition) is 7. The molecule has 4 aromatic rings. The maximum absolute atomic E-state index is 14.2. The summed E-state index contributed by atoms with van der Waals surface area (Å²) in [6.45, 7) is 5.12. The molecule has 7 heteroatoms. The molecule has 0 spiro atoms. The third-order valence-corrected chi connectivity index (χ3v) is 6.55. The molecule has 0 aromatic heterocycles. The number of carbonyl (C=O) groups is 3. The van der Waals surface area contributed by atoms with Gasteiger partial charge in [-0.15, -0.1) is 0 Å². The Kier molecular flexibility index (Phi) is 10.8. The van der Waals surface area contributed by atoms with Crippen molar-refractivity contribution in [3.05, 3.63) is 144 Å². The minimum Gasteiger partial charge on any atom is -0.461 e. The Hall–Kier alpha value is -5.04. The van der Waals surface area contributed by atoms with Crippen LogP contribution < -0.4 is 0 Å². The molecule has 0 aliphatic rings. The third kappa shape index (κ3) is 9.49. The summed E-state index contributed by atoms with van der Waals surface area (Å²) < 4.78 is 17.0. The number of rotatable bonds is 12. The normalized spacial score (nSPS) is 12.3. The van der Waals surface area contributed by atoms with Gasteiger partial charge in [-0.3, -0.25) is 14.6 Å². The van der Waals surface area contributed by atoms with Crippen molar-refractivity contribution in [1.29, 1.82) is 0 Å². The van der Waals surface area contributed by atoms with Crippen LogP contribution in [-0.4, -0.2) is 34.8 Å². The zero-order valence-electron chi connectivity index (χ0n) is 25.3. The smallest absolute Gasteiger partial charge is 0.335 e. The van der Waals surface area contributed by atoms with Gasteiger partial charge >= 0.3 is 17.9 Å². The van der Waals surface area contributed by atoms with Gasteiger partial charge in [0, 0.05) is 11.1 Å². The zero-order valence-corrected chi connectivity index (χ0v) is 25.3. The van der Waals surface area contributed by atoms with Gasteiger partial charge in [0.1, 0.15) is 18.8 Å². The molecule has 44 heavy (non-hydrogen) atoms. The molecule has 0 fully saturated rings. The van der Waals surface area contributed by atoms with Crippen LogP contribution in [-0.2, 0) is 41.8 Å². The van der Waals surface area contributed by atoms with E-state index in [0.29, 0.717) is 16.8 Å². The molecule has 226 valence electrons. The average molecular weight is 592 g/mol. The van der Waals surface area contributed by atoms with Crippen LogP contribution in [0, 0.1) is 0 Å². The monoisotopic (exact) mass is 591 g/mol. The minimum absolute atomic E-state index is 0.00477. The van der Waals surface area contributed by atoms with Crippen LogP contribution in [0.25, 0.3) is 0 Å². The topological polar surface area (TPSA) is 91.3 Å². The van der Waals surface area contributed by atoms with E-state index in [1.807, 2.05) is 121 Å². The molecule has 1 unspecified atom stereocenters. The molecule has 0 bridgehead atoms. The second-order valence-corrected chi connectivity index (χ2v) is 11.4. The Morgan fingerprint density at radius 3 is 1.43 bits per heavy atom. The van der Waals surface area contributed by atoms with Crippen molar-refractivity contribution < 1.29 is 28.6 Å². The van der Waals surface area contributed by atoms with E-state index >= 15 is 0 Å². The van der Waals surface area contributed by atoms with Crippen LogP contribution in [0.1, 0.15) is 55.9 Å². The summed E-state index contributed by atoms with van der Waals surface area (Å²) >= 11 is 0. The summed E-state index contributed by atoms with van der Waals surface area (Å²) in [6, 6.07) is 36.9. The van der Waals surface area contributed by atoms with E-state index in [1.54, 1.807) is 20.8 Å².